The molecule has 0 saturated carbocycles. The highest BCUT2D eigenvalue weighted by Crippen LogP contribution is 2.36. The molecular formula is C18H15F5S. The van der Waals surface area contributed by atoms with Gasteiger partial charge in [0.15, 0.2) is 23.3 Å². The van der Waals surface area contributed by atoms with Crippen molar-refractivity contribution in [1.29, 1.82) is 0 Å². The van der Waals surface area contributed by atoms with E-state index in [1.54, 1.807) is 0 Å². The largest absolute Gasteiger partial charge is 0.202 e. The highest BCUT2D eigenvalue weighted by Gasteiger charge is 2.25. The lowest BCUT2D eigenvalue weighted by Crippen LogP contribution is -2.12. The van der Waals surface area contributed by atoms with Gasteiger partial charge in [-0.1, -0.05) is 32.6 Å². The number of rotatable bonds is 0. The summed E-state index contributed by atoms with van der Waals surface area (Å²) in [6, 6.07) is 0. The molecule has 128 valence electrons. The molecule has 2 rings (SSSR count). The van der Waals surface area contributed by atoms with Gasteiger partial charge in [0.05, 0.1) is 4.88 Å². The van der Waals surface area contributed by atoms with Crippen LogP contribution in [0.5, 0.6) is 0 Å². The summed E-state index contributed by atoms with van der Waals surface area (Å²) in [5.41, 5.74) is 0.652. The van der Waals surface area contributed by atoms with E-state index >= 15 is 0 Å². The highest BCUT2D eigenvalue weighted by atomic mass is 32.1. The van der Waals surface area contributed by atoms with Gasteiger partial charge in [0.25, 0.3) is 0 Å². The Kier molecular flexibility index (Phi) is 4.78. The number of aryl methyl sites for hydroxylation is 1. The van der Waals surface area contributed by atoms with Crippen molar-refractivity contribution in [3.63, 3.8) is 0 Å². The summed E-state index contributed by atoms with van der Waals surface area (Å²) in [6.07, 6.45) is 0. The number of thiophene rings is 1. The van der Waals surface area contributed by atoms with Gasteiger partial charge in [-0.3, -0.25) is 0 Å². The minimum atomic E-state index is -2.19. The lowest BCUT2D eigenvalue weighted by Gasteiger charge is -2.20. The molecule has 0 amide bonds. The zero-order valence-corrected chi connectivity index (χ0v) is 14.6. The predicted octanol–water partition coefficient (Wildman–Crippen LogP) is 5.76. The fourth-order valence-corrected chi connectivity index (χ4v) is 3.93. The standard InChI is InChI=1S/C18H15F5S/c1-8-11(24-9(2)12(8)18(3,4)5)7-6-10-13(19)15(21)17(23)16(22)14(10)20/h1-5H3. The van der Waals surface area contributed by atoms with Crippen LogP contribution in [0.25, 0.3) is 0 Å². The molecule has 0 N–H and O–H groups in total. The first-order valence-electron chi connectivity index (χ1n) is 7.10. The minimum Gasteiger partial charge on any atom is -0.202 e. The molecule has 0 nitrogen and oxygen atoms in total. The molecule has 0 spiro atoms. The molecule has 1 heterocycles. The van der Waals surface area contributed by atoms with Crippen LogP contribution < -0.4 is 0 Å². The second kappa shape index (κ2) is 6.21. The van der Waals surface area contributed by atoms with E-state index in [0.717, 1.165) is 16.0 Å². The Hall–Kier alpha value is -1.87. The van der Waals surface area contributed by atoms with Crippen LogP contribution in [0.3, 0.4) is 0 Å². The average Bonchev–Trinajstić information content (AvgIpc) is 2.77. The summed E-state index contributed by atoms with van der Waals surface area (Å²) in [5, 5.41) is 0. The third-order valence-corrected chi connectivity index (χ3v) is 4.71. The van der Waals surface area contributed by atoms with E-state index in [2.05, 4.69) is 11.8 Å². The van der Waals surface area contributed by atoms with Gasteiger partial charge < -0.3 is 0 Å². The van der Waals surface area contributed by atoms with Crippen molar-refractivity contribution >= 4 is 11.3 Å². The lowest BCUT2D eigenvalue weighted by atomic mass is 9.84. The number of hydrogen-bond donors (Lipinski definition) is 0. The van der Waals surface area contributed by atoms with Crippen molar-refractivity contribution < 1.29 is 22.0 Å². The summed E-state index contributed by atoms with van der Waals surface area (Å²) < 4.78 is 66.8. The van der Waals surface area contributed by atoms with Crippen molar-refractivity contribution in [2.75, 3.05) is 0 Å². The summed E-state index contributed by atoms with van der Waals surface area (Å²) >= 11 is 1.33. The zero-order chi connectivity index (χ0) is 18.4. The van der Waals surface area contributed by atoms with E-state index in [1.807, 2.05) is 34.6 Å². The summed E-state index contributed by atoms with van der Waals surface area (Å²) in [5.74, 6) is -5.35. The van der Waals surface area contributed by atoms with Crippen molar-refractivity contribution in [2.45, 2.75) is 40.0 Å². The quantitative estimate of drug-likeness (QED) is 0.243. The van der Waals surface area contributed by atoms with Gasteiger partial charge >= 0.3 is 0 Å². The van der Waals surface area contributed by atoms with Gasteiger partial charge in [-0.25, -0.2) is 22.0 Å². The monoisotopic (exact) mass is 358 g/mol. The highest BCUT2D eigenvalue weighted by molar-refractivity contribution is 7.12. The molecule has 0 atom stereocenters. The second-order valence-electron chi connectivity index (χ2n) is 6.43. The first kappa shape index (κ1) is 18.5. The van der Waals surface area contributed by atoms with Crippen molar-refractivity contribution in [3.05, 3.63) is 55.5 Å². The maximum absolute atomic E-state index is 13.7. The molecule has 0 aliphatic rings. The molecule has 0 bridgehead atoms. The van der Waals surface area contributed by atoms with E-state index in [4.69, 9.17) is 0 Å². The van der Waals surface area contributed by atoms with Gasteiger partial charge in [0.1, 0.15) is 5.56 Å². The second-order valence-corrected chi connectivity index (χ2v) is 7.66. The zero-order valence-electron chi connectivity index (χ0n) is 13.8. The van der Waals surface area contributed by atoms with Crippen LogP contribution >= 0.6 is 11.3 Å². The maximum Gasteiger partial charge on any atom is 0.200 e. The lowest BCUT2D eigenvalue weighted by molar-refractivity contribution is 0.376. The van der Waals surface area contributed by atoms with Gasteiger partial charge in [0, 0.05) is 4.88 Å². The third-order valence-electron chi connectivity index (χ3n) is 3.58. The normalized spacial score (nSPS) is 11.4. The fraction of sp³-hybridized carbons (Fsp3) is 0.333. The Morgan fingerprint density at radius 2 is 1.21 bits per heavy atom. The summed E-state index contributed by atoms with van der Waals surface area (Å²) in [6.45, 7) is 9.80. The molecule has 6 heteroatoms. The molecule has 0 saturated heterocycles. The van der Waals surface area contributed by atoms with E-state index in [0.29, 0.717) is 4.88 Å². The number of halogens is 5. The van der Waals surface area contributed by atoms with Gasteiger partial charge in [-0.2, -0.15) is 0 Å². The Balaban J connectivity index is 2.62. The molecule has 0 radical (unpaired) electrons. The van der Waals surface area contributed by atoms with Crippen molar-refractivity contribution in [3.8, 4) is 11.8 Å². The van der Waals surface area contributed by atoms with Crippen LogP contribution in [0, 0.1) is 54.8 Å². The molecule has 1 aromatic heterocycles. The predicted molar refractivity (Wildman–Crippen MR) is 84.7 cm³/mol. The Morgan fingerprint density at radius 3 is 1.62 bits per heavy atom. The maximum atomic E-state index is 13.7. The SMILES string of the molecule is Cc1sc(C#Cc2c(F)c(F)c(F)c(F)c2F)c(C)c1C(C)(C)C. The number of hydrogen-bond acceptors (Lipinski definition) is 1. The van der Waals surface area contributed by atoms with Crippen LogP contribution in [-0.2, 0) is 5.41 Å². The molecular weight excluding hydrogens is 343 g/mol. The van der Waals surface area contributed by atoms with E-state index in [-0.39, 0.29) is 5.41 Å². The van der Waals surface area contributed by atoms with Crippen LogP contribution in [0.4, 0.5) is 22.0 Å². The van der Waals surface area contributed by atoms with Crippen LogP contribution in [-0.4, -0.2) is 0 Å². The average molecular weight is 358 g/mol. The van der Waals surface area contributed by atoms with Crippen LogP contribution in [0.15, 0.2) is 0 Å². The molecule has 2 aromatic rings. The van der Waals surface area contributed by atoms with Crippen molar-refractivity contribution in [2.24, 2.45) is 0 Å². The molecule has 0 fully saturated rings. The molecule has 0 aliphatic heterocycles. The summed E-state index contributed by atoms with van der Waals surface area (Å²) in [4.78, 5) is 1.54. The Bertz CT molecular complexity index is 847. The van der Waals surface area contributed by atoms with Crippen molar-refractivity contribution in [1.82, 2.24) is 0 Å². The first-order valence-corrected chi connectivity index (χ1v) is 7.92. The molecule has 0 aliphatic carbocycles. The first-order chi connectivity index (χ1) is 11.0. The topological polar surface area (TPSA) is 0 Å². The Morgan fingerprint density at radius 1 is 0.750 bits per heavy atom. The molecule has 0 unspecified atom stereocenters. The van der Waals surface area contributed by atoms with Crippen LogP contribution in [0.2, 0.25) is 0 Å². The van der Waals surface area contributed by atoms with Crippen LogP contribution in [0.1, 0.15) is 47.2 Å². The minimum absolute atomic E-state index is 0.144. The van der Waals surface area contributed by atoms with Gasteiger partial charge in [-0.05, 0) is 30.4 Å². The molecule has 24 heavy (non-hydrogen) atoms. The van der Waals surface area contributed by atoms with Gasteiger partial charge in [0.2, 0.25) is 5.82 Å². The Labute approximate surface area is 141 Å². The van der Waals surface area contributed by atoms with E-state index in [1.165, 1.54) is 11.3 Å². The number of benzene rings is 1. The third kappa shape index (κ3) is 3.05. The summed E-state index contributed by atoms with van der Waals surface area (Å²) in [7, 11) is 0. The fourth-order valence-electron chi connectivity index (χ4n) is 2.70. The molecule has 1 aromatic carbocycles. The van der Waals surface area contributed by atoms with Gasteiger partial charge in [-0.15, -0.1) is 11.3 Å². The smallest absolute Gasteiger partial charge is 0.200 e. The van der Waals surface area contributed by atoms with E-state index in [9.17, 15) is 22.0 Å². The van der Waals surface area contributed by atoms with E-state index < -0.39 is 34.6 Å².